The quantitative estimate of drug-likeness (QED) is 0.726. The maximum Gasteiger partial charge on any atom is 0.228 e. The molecule has 8 heteroatoms. The van der Waals surface area contributed by atoms with Crippen LogP contribution in [0.2, 0.25) is 5.02 Å². The molecular weight excluding hydrogens is 424 g/mol. The normalized spacial score (nSPS) is 24.0. The average Bonchev–Trinajstić information content (AvgIpc) is 3.05. The highest BCUT2D eigenvalue weighted by Crippen LogP contribution is 2.34. The van der Waals surface area contributed by atoms with Gasteiger partial charge in [-0.25, -0.2) is 8.42 Å². The second-order valence-electron chi connectivity index (χ2n) is 7.73. The van der Waals surface area contributed by atoms with Crippen molar-refractivity contribution in [3.63, 3.8) is 0 Å². The summed E-state index contributed by atoms with van der Waals surface area (Å²) < 4.78 is 25.7. The molecule has 2 unspecified atom stereocenters. The molecule has 0 aromatic heterocycles. The van der Waals surface area contributed by atoms with Crippen molar-refractivity contribution in [2.45, 2.75) is 18.1 Å². The van der Waals surface area contributed by atoms with Gasteiger partial charge in [-0.3, -0.25) is 9.59 Å². The van der Waals surface area contributed by atoms with Gasteiger partial charge in [-0.05, 0) is 30.2 Å². The number of carbonyl (C=O) groups is 2. The van der Waals surface area contributed by atoms with Crippen LogP contribution in [0.3, 0.4) is 0 Å². The van der Waals surface area contributed by atoms with Gasteiger partial charge < -0.3 is 9.80 Å². The van der Waals surface area contributed by atoms with E-state index in [4.69, 9.17) is 11.6 Å². The summed E-state index contributed by atoms with van der Waals surface area (Å²) in [7, 11) is -3.45. The van der Waals surface area contributed by atoms with Crippen molar-refractivity contribution < 1.29 is 18.0 Å². The van der Waals surface area contributed by atoms with E-state index in [2.05, 4.69) is 0 Å². The highest BCUT2D eigenvalue weighted by molar-refractivity contribution is 7.91. The highest BCUT2D eigenvalue weighted by Gasteiger charge is 2.39. The largest absolute Gasteiger partial charge is 0.341 e. The van der Waals surface area contributed by atoms with Gasteiger partial charge in [0.25, 0.3) is 0 Å². The zero-order valence-electron chi connectivity index (χ0n) is 16.4. The van der Waals surface area contributed by atoms with Crippen molar-refractivity contribution in [1.82, 2.24) is 4.90 Å². The molecule has 0 bridgehead atoms. The Kier molecular flexibility index (Phi) is 5.84. The zero-order valence-corrected chi connectivity index (χ0v) is 18.0. The summed E-state index contributed by atoms with van der Waals surface area (Å²) in [5.41, 5.74) is 1.36. The van der Waals surface area contributed by atoms with Gasteiger partial charge in [0.15, 0.2) is 9.84 Å². The third-order valence-electron chi connectivity index (χ3n) is 5.85. The number of halogens is 1. The number of hydrogen-bond donors (Lipinski definition) is 0. The molecule has 2 fully saturated rings. The maximum atomic E-state index is 13.1. The second-order valence-corrected chi connectivity index (χ2v) is 10.4. The van der Waals surface area contributed by atoms with Gasteiger partial charge in [0, 0.05) is 36.8 Å². The average molecular weight is 447 g/mol. The lowest BCUT2D eigenvalue weighted by atomic mass is 10.1. The summed E-state index contributed by atoms with van der Waals surface area (Å²) in [6.45, 7) is 0.779. The van der Waals surface area contributed by atoms with Crippen LogP contribution in [0.15, 0.2) is 54.6 Å². The first kappa shape index (κ1) is 20.9. The molecule has 2 heterocycles. The topological polar surface area (TPSA) is 74.8 Å². The van der Waals surface area contributed by atoms with Crippen LogP contribution in [0.25, 0.3) is 0 Å². The molecule has 0 aliphatic carbocycles. The molecule has 2 aliphatic rings. The highest BCUT2D eigenvalue weighted by atomic mass is 35.5. The van der Waals surface area contributed by atoms with Gasteiger partial charge in [0.05, 0.1) is 16.9 Å². The molecule has 2 aliphatic heterocycles. The van der Waals surface area contributed by atoms with Crippen molar-refractivity contribution in [3.8, 4) is 0 Å². The van der Waals surface area contributed by atoms with Gasteiger partial charge in [-0.15, -0.1) is 0 Å². The fourth-order valence-electron chi connectivity index (χ4n) is 4.24. The molecule has 0 saturated carbocycles. The first-order chi connectivity index (χ1) is 14.4. The summed E-state index contributed by atoms with van der Waals surface area (Å²) in [4.78, 5) is 28.8. The lowest BCUT2D eigenvalue weighted by Gasteiger charge is -2.23. The van der Waals surface area contributed by atoms with Crippen molar-refractivity contribution in [2.75, 3.05) is 30.3 Å². The Morgan fingerprint density at radius 2 is 1.70 bits per heavy atom. The van der Waals surface area contributed by atoms with Crippen LogP contribution in [0, 0.1) is 5.92 Å². The fraction of sp³-hybridized carbons (Fsp3) is 0.364. The van der Waals surface area contributed by atoms with E-state index in [0.29, 0.717) is 30.1 Å². The Labute approximate surface area is 181 Å². The van der Waals surface area contributed by atoms with Gasteiger partial charge in [0.2, 0.25) is 11.8 Å². The first-order valence-electron chi connectivity index (χ1n) is 9.97. The molecule has 0 N–H and O–H groups in total. The van der Waals surface area contributed by atoms with E-state index in [0.717, 1.165) is 5.69 Å². The lowest BCUT2D eigenvalue weighted by Crippen LogP contribution is -2.39. The number of amides is 2. The lowest BCUT2D eigenvalue weighted by molar-refractivity contribution is -0.135. The van der Waals surface area contributed by atoms with Crippen molar-refractivity contribution >= 4 is 38.9 Å². The number of sulfone groups is 1. The molecule has 0 spiro atoms. The molecule has 158 valence electrons. The number of hydrogen-bond acceptors (Lipinski definition) is 4. The summed E-state index contributed by atoms with van der Waals surface area (Å²) in [6, 6.07) is 16.2. The number of anilines is 1. The Morgan fingerprint density at radius 3 is 2.43 bits per heavy atom. The zero-order chi connectivity index (χ0) is 21.3. The van der Waals surface area contributed by atoms with Crippen LogP contribution in [0.4, 0.5) is 5.69 Å². The second kappa shape index (κ2) is 8.40. The van der Waals surface area contributed by atoms with Crippen LogP contribution in [-0.2, 0) is 19.4 Å². The molecule has 6 nitrogen and oxygen atoms in total. The van der Waals surface area contributed by atoms with Crippen LogP contribution in [0.1, 0.15) is 23.7 Å². The SMILES string of the molecule is O=C(C1CC(=O)N(c2ccccc2)C1)N1CCC(c2ccccc2Cl)S(=O)(=O)CC1. The predicted octanol–water partition coefficient (Wildman–Crippen LogP) is 3.08. The Hall–Kier alpha value is -2.38. The minimum absolute atomic E-state index is 0.0871. The minimum atomic E-state index is -3.45. The first-order valence-corrected chi connectivity index (χ1v) is 12.1. The number of carbonyl (C=O) groups excluding carboxylic acids is 2. The van der Waals surface area contributed by atoms with E-state index in [1.807, 2.05) is 30.3 Å². The monoisotopic (exact) mass is 446 g/mol. The molecule has 2 aromatic carbocycles. The predicted molar refractivity (Wildman–Crippen MR) is 116 cm³/mol. The van der Waals surface area contributed by atoms with Gasteiger partial charge in [-0.2, -0.15) is 0 Å². The summed E-state index contributed by atoms with van der Waals surface area (Å²) in [5.74, 6) is -0.817. The van der Waals surface area contributed by atoms with E-state index in [9.17, 15) is 18.0 Å². The van der Waals surface area contributed by atoms with Crippen molar-refractivity contribution in [1.29, 1.82) is 0 Å². The smallest absolute Gasteiger partial charge is 0.228 e. The van der Waals surface area contributed by atoms with Crippen LogP contribution >= 0.6 is 11.6 Å². The number of nitrogens with zero attached hydrogens (tertiary/aromatic N) is 2. The third kappa shape index (κ3) is 4.09. The van der Waals surface area contributed by atoms with Crippen LogP contribution in [-0.4, -0.2) is 50.5 Å². The number of benzene rings is 2. The van der Waals surface area contributed by atoms with E-state index < -0.39 is 21.0 Å². The molecule has 2 aromatic rings. The summed E-state index contributed by atoms with van der Waals surface area (Å²) in [5, 5.41) is -0.305. The molecule has 4 rings (SSSR count). The van der Waals surface area contributed by atoms with Crippen LogP contribution in [0.5, 0.6) is 0 Å². The Morgan fingerprint density at radius 1 is 1.00 bits per heavy atom. The van der Waals surface area contributed by atoms with Gasteiger partial charge >= 0.3 is 0 Å². The van der Waals surface area contributed by atoms with E-state index >= 15 is 0 Å². The summed E-state index contributed by atoms with van der Waals surface area (Å²) in [6.07, 6.45) is 0.436. The molecule has 2 saturated heterocycles. The van der Waals surface area contributed by atoms with Crippen LogP contribution < -0.4 is 4.90 Å². The molecule has 0 radical (unpaired) electrons. The Balaban J connectivity index is 1.49. The number of rotatable bonds is 3. The van der Waals surface area contributed by atoms with E-state index in [1.165, 1.54) is 0 Å². The Bertz CT molecular complexity index is 1060. The molecule has 30 heavy (non-hydrogen) atoms. The fourth-order valence-corrected chi connectivity index (χ4v) is 6.39. The van der Waals surface area contributed by atoms with Gasteiger partial charge in [-0.1, -0.05) is 48.0 Å². The molecule has 2 atom stereocenters. The van der Waals surface area contributed by atoms with E-state index in [-0.39, 0.29) is 30.5 Å². The summed E-state index contributed by atoms with van der Waals surface area (Å²) >= 11 is 6.24. The van der Waals surface area contributed by atoms with Crippen molar-refractivity contribution in [2.24, 2.45) is 5.92 Å². The van der Waals surface area contributed by atoms with Crippen molar-refractivity contribution in [3.05, 3.63) is 65.2 Å². The van der Waals surface area contributed by atoms with E-state index in [1.54, 1.807) is 34.1 Å². The third-order valence-corrected chi connectivity index (χ3v) is 8.30. The van der Waals surface area contributed by atoms with Gasteiger partial charge in [0.1, 0.15) is 0 Å². The number of para-hydroxylation sites is 1. The molecule has 2 amide bonds. The molecular formula is C22H23ClN2O4S. The standard InChI is InChI=1S/C22H23ClN2O4S/c23-19-9-5-4-8-18(19)20-10-11-24(12-13-30(20,28)29)22(27)16-14-21(26)25(15-16)17-6-2-1-3-7-17/h1-9,16,20H,10-15H2. The maximum absolute atomic E-state index is 13.1. The minimum Gasteiger partial charge on any atom is -0.341 e.